The number of halogens is 1. The van der Waals surface area contributed by atoms with Crippen LogP contribution in [0.25, 0.3) is 0 Å². The number of fused-ring (bicyclic) bond motifs is 1. The highest BCUT2D eigenvalue weighted by atomic mass is 19.1. The summed E-state index contributed by atoms with van der Waals surface area (Å²) in [4.78, 5) is 14.8. The molecule has 0 saturated heterocycles. The number of hydrogen-bond acceptors (Lipinski definition) is 4. The number of amides is 1. The van der Waals surface area contributed by atoms with Crippen LogP contribution in [0.5, 0.6) is 11.5 Å². The Morgan fingerprint density at radius 1 is 1.07 bits per heavy atom. The molecule has 0 aliphatic carbocycles. The highest BCUT2D eigenvalue weighted by Gasteiger charge is 2.35. The quantitative estimate of drug-likeness (QED) is 0.691. The highest BCUT2D eigenvalue weighted by molar-refractivity contribution is 6.12. The Labute approximate surface area is 162 Å². The summed E-state index contributed by atoms with van der Waals surface area (Å²) >= 11 is 0. The zero-order valence-corrected chi connectivity index (χ0v) is 15.2. The summed E-state index contributed by atoms with van der Waals surface area (Å²) in [5.41, 5.74) is 2.17. The van der Waals surface area contributed by atoms with E-state index >= 15 is 0 Å². The van der Waals surface area contributed by atoms with Crippen LogP contribution in [0.4, 0.5) is 15.8 Å². The summed E-state index contributed by atoms with van der Waals surface area (Å²) in [6.07, 6.45) is -0.687. The molecule has 28 heavy (non-hydrogen) atoms. The first-order chi connectivity index (χ1) is 13.6. The summed E-state index contributed by atoms with van der Waals surface area (Å²) < 4.78 is 18.9. The van der Waals surface area contributed by atoms with Gasteiger partial charge in [0.15, 0.2) is 11.5 Å². The van der Waals surface area contributed by atoms with E-state index in [0.29, 0.717) is 34.9 Å². The molecule has 142 valence electrons. The number of aromatic hydroxyl groups is 1. The molecule has 6 heteroatoms. The number of carbonyl (C=O) groups excluding carboxylic acids is 1. The van der Waals surface area contributed by atoms with Gasteiger partial charge in [0, 0.05) is 16.9 Å². The van der Waals surface area contributed by atoms with Gasteiger partial charge in [-0.25, -0.2) is 4.39 Å². The smallest absolute Gasteiger partial charge is 0.262 e. The highest BCUT2D eigenvalue weighted by Crippen LogP contribution is 2.42. The summed E-state index contributed by atoms with van der Waals surface area (Å²) in [6.45, 7) is 2.23. The van der Waals surface area contributed by atoms with Crippen LogP contribution >= 0.6 is 0 Å². The lowest BCUT2D eigenvalue weighted by molar-refractivity contribution is 0.0974. The molecule has 0 spiro atoms. The molecule has 1 atom stereocenters. The fourth-order valence-corrected chi connectivity index (χ4v) is 3.37. The van der Waals surface area contributed by atoms with Gasteiger partial charge in [-0.1, -0.05) is 24.3 Å². The SMILES string of the molecule is CCOc1cccc([C@@H]2Nc3ccccc3C(=O)N2c2ccc(F)cc2)c1O. The third-order valence-electron chi connectivity index (χ3n) is 4.66. The number of hydrogen-bond donors (Lipinski definition) is 2. The van der Waals surface area contributed by atoms with Crippen molar-refractivity contribution in [3.05, 3.63) is 83.7 Å². The van der Waals surface area contributed by atoms with Crippen LogP contribution in [0.2, 0.25) is 0 Å². The van der Waals surface area contributed by atoms with Gasteiger partial charge in [-0.05, 0) is 49.4 Å². The fourth-order valence-electron chi connectivity index (χ4n) is 3.37. The van der Waals surface area contributed by atoms with Gasteiger partial charge in [0.25, 0.3) is 5.91 Å². The van der Waals surface area contributed by atoms with E-state index in [9.17, 15) is 14.3 Å². The van der Waals surface area contributed by atoms with Crippen LogP contribution in [-0.4, -0.2) is 17.6 Å². The predicted molar refractivity (Wildman–Crippen MR) is 105 cm³/mol. The van der Waals surface area contributed by atoms with E-state index in [-0.39, 0.29) is 17.5 Å². The van der Waals surface area contributed by atoms with Gasteiger partial charge in [0.1, 0.15) is 12.0 Å². The minimum atomic E-state index is -0.687. The number of phenols is 1. The van der Waals surface area contributed by atoms with Crippen molar-refractivity contribution in [3.63, 3.8) is 0 Å². The zero-order chi connectivity index (χ0) is 19.7. The Hall–Kier alpha value is -3.54. The number of nitrogens with zero attached hydrogens (tertiary/aromatic N) is 1. The van der Waals surface area contributed by atoms with Gasteiger partial charge in [0.2, 0.25) is 0 Å². The number of benzene rings is 3. The number of phenolic OH excluding ortho intramolecular Hbond substituents is 1. The number of para-hydroxylation sites is 2. The van der Waals surface area contributed by atoms with E-state index in [2.05, 4.69) is 5.32 Å². The van der Waals surface area contributed by atoms with Crippen LogP contribution in [0, 0.1) is 5.82 Å². The lowest BCUT2D eigenvalue weighted by Crippen LogP contribution is -2.43. The molecule has 0 radical (unpaired) electrons. The molecule has 0 unspecified atom stereocenters. The van der Waals surface area contributed by atoms with Gasteiger partial charge in [-0.15, -0.1) is 0 Å². The largest absolute Gasteiger partial charge is 0.504 e. The van der Waals surface area contributed by atoms with Gasteiger partial charge >= 0.3 is 0 Å². The topological polar surface area (TPSA) is 61.8 Å². The molecule has 0 fully saturated rings. The molecule has 4 rings (SSSR count). The maximum atomic E-state index is 13.4. The van der Waals surface area contributed by atoms with Crippen molar-refractivity contribution in [2.45, 2.75) is 13.1 Å². The molecule has 0 bridgehead atoms. The standard InChI is InChI=1S/C22H19FN2O3/c1-2-28-19-9-5-7-17(20(19)26)21-24-18-8-4-3-6-16(18)22(27)25(21)15-12-10-14(23)11-13-15/h3-13,21,24,26H,2H2,1H3/t21-/m1/s1. The Bertz CT molecular complexity index is 1020. The number of ether oxygens (including phenoxy) is 1. The fraction of sp³-hybridized carbons (Fsp3) is 0.136. The molecule has 1 aliphatic heterocycles. The Morgan fingerprint density at radius 2 is 1.82 bits per heavy atom. The second-order valence-corrected chi connectivity index (χ2v) is 6.37. The second-order valence-electron chi connectivity index (χ2n) is 6.37. The molecule has 1 aliphatic rings. The third-order valence-corrected chi connectivity index (χ3v) is 4.66. The Morgan fingerprint density at radius 3 is 2.57 bits per heavy atom. The summed E-state index contributed by atoms with van der Waals surface area (Å²) in [5, 5.41) is 14.1. The first kappa shape index (κ1) is 17.9. The maximum Gasteiger partial charge on any atom is 0.262 e. The molecule has 1 heterocycles. The lowest BCUT2D eigenvalue weighted by atomic mass is 10.0. The number of anilines is 2. The van der Waals surface area contributed by atoms with Crippen LogP contribution in [-0.2, 0) is 0 Å². The van der Waals surface area contributed by atoms with E-state index in [0.717, 1.165) is 0 Å². The molecule has 0 aromatic heterocycles. The lowest BCUT2D eigenvalue weighted by Gasteiger charge is -2.38. The van der Waals surface area contributed by atoms with Gasteiger partial charge in [0.05, 0.1) is 12.2 Å². The van der Waals surface area contributed by atoms with E-state index in [1.807, 2.05) is 19.1 Å². The van der Waals surface area contributed by atoms with Crippen molar-refractivity contribution in [2.24, 2.45) is 0 Å². The van der Waals surface area contributed by atoms with Gasteiger partial charge in [-0.2, -0.15) is 0 Å². The van der Waals surface area contributed by atoms with Crippen LogP contribution in [0.3, 0.4) is 0 Å². The van der Waals surface area contributed by atoms with E-state index in [1.165, 1.54) is 17.0 Å². The minimum Gasteiger partial charge on any atom is -0.504 e. The van der Waals surface area contributed by atoms with Gasteiger partial charge in [-0.3, -0.25) is 9.69 Å². The first-order valence-corrected chi connectivity index (χ1v) is 8.99. The van der Waals surface area contributed by atoms with E-state index in [1.54, 1.807) is 42.5 Å². The predicted octanol–water partition coefficient (Wildman–Crippen LogP) is 4.70. The average Bonchev–Trinajstić information content (AvgIpc) is 2.71. The third kappa shape index (κ3) is 3.03. The Kier molecular flexibility index (Phi) is 4.61. The number of carbonyl (C=O) groups is 1. The zero-order valence-electron chi connectivity index (χ0n) is 15.2. The van der Waals surface area contributed by atoms with Crippen LogP contribution in [0.15, 0.2) is 66.7 Å². The molecule has 3 aromatic carbocycles. The van der Waals surface area contributed by atoms with Crippen molar-refractivity contribution in [1.29, 1.82) is 0 Å². The Balaban J connectivity index is 1.87. The summed E-state index contributed by atoms with van der Waals surface area (Å²) in [6, 6.07) is 18.0. The average molecular weight is 378 g/mol. The number of nitrogens with one attached hydrogen (secondary N) is 1. The normalized spacial score (nSPS) is 15.7. The van der Waals surface area contributed by atoms with Crippen molar-refractivity contribution >= 4 is 17.3 Å². The molecule has 2 N–H and O–H groups in total. The molecule has 1 amide bonds. The van der Waals surface area contributed by atoms with Crippen molar-refractivity contribution in [3.8, 4) is 11.5 Å². The van der Waals surface area contributed by atoms with Gasteiger partial charge < -0.3 is 15.2 Å². The summed E-state index contributed by atoms with van der Waals surface area (Å²) in [7, 11) is 0. The molecular formula is C22H19FN2O3. The van der Waals surface area contributed by atoms with Crippen molar-refractivity contribution in [2.75, 3.05) is 16.8 Å². The molecule has 0 saturated carbocycles. The minimum absolute atomic E-state index is 0.0406. The van der Waals surface area contributed by atoms with Crippen molar-refractivity contribution in [1.82, 2.24) is 0 Å². The molecule has 5 nitrogen and oxygen atoms in total. The first-order valence-electron chi connectivity index (χ1n) is 8.99. The maximum absolute atomic E-state index is 13.4. The second kappa shape index (κ2) is 7.23. The number of rotatable bonds is 4. The van der Waals surface area contributed by atoms with Crippen LogP contribution < -0.4 is 15.0 Å². The monoisotopic (exact) mass is 378 g/mol. The van der Waals surface area contributed by atoms with Crippen LogP contribution in [0.1, 0.15) is 29.0 Å². The molecule has 3 aromatic rings. The molecular weight excluding hydrogens is 359 g/mol. The summed E-state index contributed by atoms with van der Waals surface area (Å²) in [5.74, 6) is -0.334. The van der Waals surface area contributed by atoms with E-state index in [4.69, 9.17) is 4.74 Å². The van der Waals surface area contributed by atoms with Crippen molar-refractivity contribution < 1.29 is 19.0 Å². The van der Waals surface area contributed by atoms with E-state index < -0.39 is 6.17 Å².